The van der Waals surface area contributed by atoms with E-state index in [9.17, 15) is 4.79 Å². The van der Waals surface area contributed by atoms with Crippen molar-refractivity contribution in [3.05, 3.63) is 16.3 Å². The number of methoxy groups -OCH3 is 2. The van der Waals surface area contributed by atoms with Gasteiger partial charge in [0.25, 0.3) is 5.91 Å². The van der Waals surface area contributed by atoms with Gasteiger partial charge in [-0.15, -0.1) is 23.7 Å². The van der Waals surface area contributed by atoms with Crippen molar-refractivity contribution in [3.63, 3.8) is 0 Å². The van der Waals surface area contributed by atoms with Gasteiger partial charge in [-0.2, -0.15) is 4.98 Å². The molecule has 1 unspecified atom stereocenters. The number of hydrogen-bond acceptors (Lipinski definition) is 7. The maximum Gasteiger partial charge on any atom is 0.261 e. The predicted molar refractivity (Wildman–Crippen MR) is 109 cm³/mol. The Morgan fingerprint density at radius 3 is 2.85 bits per heavy atom. The number of carbonyl (C=O) groups is 1. The molecule has 0 spiro atoms. The fourth-order valence-electron chi connectivity index (χ4n) is 3.34. The van der Waals surface area contributed by atoms with Gasteiger partial charge in [0.1, 0.15) is 11.4 Å². The number of amides is 1. The number of piperidine rings is 1. The predicted octanol–water partition coefficient (Wildman–Crippen LogP) is 2.70. The van der Waals surface area contributed by atoms with Gasteiger partial charge in [0, 0.05) is 13.7 Å². The molecule has 0 aliphatic carbocycles. The van der Waals surface area contributed by atoms with Crippen LogP contribution in [0.2, 0.25) is 0 Å². The zero-order valence-electron chi connectivity index (χ0n) is 16.0. The van der Waals surface area contributed by atoms with Gasteiger partial charge in [-0.1, -0.05) is 0 Å². The molecule has 9 heteroatoms. The van der Waals surface area contributed by atoms with Crippen molar-refractivity contribution < 1.29 is 14.3 Å². The number of fused-ring (bicyclic) bond motifs is 1. The number of ether oxygens (including phenoxy) is 2. The second-order valence-corrected chi connectivity index (χ2v) is 7.57. The van der Waals surface area contributed by atoms with Crippen molar-refractivity contribution >= 4 is 39.9 Å². The number of carbonyl (C=O) groups excluding carboxylic acids is 1. The summed E-state index contributed by atoms with van der Waals surface area (Å²) in [5, 5.41) is 7.27. The van der Waals surface area contributed by atoms with Crippen LogP contribution in [0, 0.1) is 12.8 Å². The molecule has 2 aromatic rings. The molecule has 3 rings (SSSR count). The van der Waals surface area contributed by atoms with Crippen LogP contribution < -0.4 is 15.4 Å². The Balaban J connectivity index is 0.00000261. The van der Waals surface area contributed by atoms with Gasteiger partial charge >= 0.3 is 0 Å². The molecule has 1 atom stereocenters. The summed E-state index contributed by atoms with van der Waals surface area (Å²) in [6, 6.07) is 0. The second-order valence-electron chi connectivity index (χ2n) is 6.58. The molecule has 1 fully saturated rings. The molecule has 150 valence electrons. The lowest BCUT2D eigenvalue weighted by Crippen LogP contribution is -2.33. The third kappa shape index (κ3) is 5.07. The fraction of sp³-hybridized carbons (Fsp3) is 0.611. The minimum Gasteiger partial charge on any atom is -0.480 e. The minimum absolute atomic E-state index is 0. The van der Waals surface area contributed by atoms with Crippen LogP contribution in [0.15, 0.2) is 0 Å². The highest BCUT2D eigenvalue weighted by molar-refractivity contribution is 7.20. The third-order valence-electron chi connectivity index (χ3n) is 4.71. The van der Waals surface area contributed by atoms with Gasteiger partial charge in [0.2, 0.25) is 5.88 Å². The summed E-state index contributed by atoms with van der Waals surface area (Å²) >= 11 is 1.38. The van der Waals surface area contributed by atoms with Crippen molar-refractivity contribution in [2.24, 2.45) is 5.92 Å². The monoisotopic (exact) mass is 414 g/mol. The number of halogens is 1. The highest BCUT2D eigenvalue weighted by Gasteiger charge is 2.21. The Morgan fingerprint density at radius 1 is 1.37 bits per heavy atom. The fourth-order valence-corrected chi connectivity index (χ4v) is 4.45. The number of hydrogen-bond donors (Lipinski definition) is 2. The van der Waals surface area contributed by atoms with Gasteiger partial charge in [-0.3, -0.25) is 4.79 Å². The van der Waals surface area contributed by atoms with E-state index in [1.54, 1.807) is 14.2 Å². The maximum atomic E-state index is 12.7. The zero-order valence-corrected chi connectivity index (χ0v) is 17.6. The van der Waals surface area contributed by atoms with Crippen molar-refractivity contribution in [2.45, 2.75) is 32.8 Å². The van der Waals surface area contributed by atoms with Gasteiger partial charge in [0.05, 0.1) is 17.4 Å². The number of nitrogens with zero attached hydrogens (tertiary/aromatic N) is 2. The lowest BCUT2D eigenvalue weighted by atomic mass is 9.96. The Morgan fingerprint density at radius 2 is 2.19 bits per heavy atom. The van der Waals surface area contributed by atoms with Crippen LogP contribution in [-0.2, 0) is 11.3 Å². The summed E-state index contributed by atoms with van der Waals surface area (Å²) in [6.07, 6.45) is 3.46. The van der Waals surface area contributed by atoms with Crippen LogP contribution in [0.1, 0.15) is 40.3 Å². The average molecular weight is 415 g/mol. The molecule has 1 saturated heterocycles. The largest absolute Gasteiger partial charge is 0.480 e. The Hall–Kier alpha value is -1.48. The Kier molecular flexibility index (Phi) is 8.22. The third-order valence-corrected chi connectivity index (χ3v) is 5.90. The van der Waals surface area contributed by atoms with Crippen LogP contribution in [0.4, 0.5) is 0 Å². The van der Waals surface area contributed by atoms with Crippen molar-refractivity contribution in [2.75, 3.05) is 33.9 Å². The normalized spacial score (nSPS) is 16.8. The molecule has 1 aliphatic rings. The van der Waals surface area contributed by atoms with Crippen LogP contribution in [0.3, 0.4) is 0 Å². The van der Waals surface area contributed by atoms with Gasteiger partial charge < -0.3 is 20.1 Å². The number of thiophene rings is 1. The van der Waals surface area contributed by atoms with Gasteiger partial charge in [-0.05, 0) is 50.8 Å². The summed E-state index contributed by atoms with van der Waals surface area (Å²) in [5.41, 5.74) is 0.864. The zero-order chi connectivity index (χ0) is 18.5. The van der Waals surface area contributed by atoms with Crippen molar-refractivity contribution in [3.8, 4) is 5.88 Å². The van der Waals surface area contributed by atoms with E-state index in [1.165, 1.54) is 24.2 Å². The smallest absolute Gasteiger partial charge is 0.261 e. The number of aromatic nitrogens is 2. The van der Waals surface area contributed by atoms with Crippen molar-refractivity contribution in [1.29, 1.82) is 0 Å². The molecule has 0 saturated carbocycles. The van der Waals surface area contributed by atoms with E-state index in [0.29, 0.717) is 35.7 Å². The first-order valence-electron chi connectivity index (χ1n) is 8.96. The first-order valence-corrected chi connectivity index (χ1v) is 9.77. The minimum atomic E-state index is -0.0513. The number of aryl methyl sites for hydroxylation is 1. The molecule has 0 aromatic carbocycles. The molecular formula is C18H27ClN4O3S. The topological polar surface area (TPSA) is 85.4 Å². The summed E-state index contributed by atoms with van der Waals surface area (Å²) < 4.78 is 10.5. The average Bonchev–Trinajstić information content (AvgIpc) is 2.99. The molecule has 0 radical (unpaired) electrons. The maximum absolute atomic E-state index is 12.7. The van der Waals surface area contributed by atoms with E-state index >= 15 is 0 Å². The van der Waals surface area contributed by atoms with E-state index in [0.717, 1.165) is 35.3 Å². The Bertz CT molecular complexity index is 778. The number of nitrogens with one attached hydrogen (secondary N) is 2. The van der Waals surface area contributed by atoms with E-state index in [1.807, 2.05) is 6.92 Å². The molecule has 1 aliphatic heterocycles. The highest BCUT2D eigenvalue weighted by Crippen LogP contribution is 2.35. The first-order chi connectivity index (χ1) is 12.6. The molecule has 3 heterocycles. The molecule has 0 bridgehead atoms. The lowest BCUT2D eigenvalue weighted by Gasteiger charge is -2.22. The summed E-state index contributed by atoms with van der Waals surface area (Å²) in [5.74, 6) is 1.64. The van der Waals surface area contributed by atoms with Crippen LogP contribution >= 0.6 is 23.7 Å². The first kappa shape index (κ1) is 21.8. The van der Waals surface area contributed by atoms with E-state index in [4.69, 9.17) is 9.47 Å². The quantitative estimate of drug-likeness (QED) is 0.724. The highest BCUT2D eigenvalue weighted by atomic mass is 35.5. The van der Waals surface area contributed by atoms with Crippen LogP contribution in [-0.4, -0.2) is 49.7 Å². The molecule has 2 aromatic heterocycles. The van der Waals surface area contributed by atoms with Crippen molar-refractivity contribution in [1.82, 2.24) is 20.6 Å². The van der Waals surface area contributed by atoms with E-state index < -0.39 is 0 Å². The number of rotatable bonds is 7. The molecular weight excluding hydrogens is 388 g/mol. The molecule has 2 N–H and O–H groups in total. The van der Waals surface area contributed by atoms with E-state index in [-0.39, 0.29) is 18.3 Å². The Labute approximate surface area is 169 Å². The van der Waals surface area contributed by atoms with Crippen LogP contribution in [0.5, 0.6) is 5.88 Å². The standard InChI is InChI=1S/C18H26N4O3S.ClH/c1-11-14-17(25-3)21-13(10-24-2)22-18(14)26-15(11)16(23)20-8-6-12-5-4-7-19-9-12;/h12,19H,4-10H2,1-3H3,(H,20,23);1H. The summed E-state index contributed by atoms with van der Waals surface area (Å²) in [6.45, 7) is 5.07. The van der Waals surface area contributed by atoms with E-state index in [2.05, 4.69) is 20.6 Å². The SMILES string of the molecule is COCc1nc(OC)c2c(C)c(C(=O)NCCC3CCCNC3)sc2n1.Cl. The lowest BCUT2D eigenvalue weighted by molar-refractivity contribution is 0.0954. The van der Waals surface area contributed by atoms with Gasteiger partial charge in [0.15, 0.2) is 5.82 Å². The summed E-state index contributed by atoms with van der Waals surface area (Å²) in [4.78, 5) is 23.0. The molecule has 7 nitrogen and oxygen atoms in total. The van der Waals surface area contributed by atoms with Gasteiger partial charge in [-0.25, -0.2) is 4.98 Å². The molecule has 1 amide bonds. The van der Waals surface area contributed by atoms with Crippen LogP contribution in [0.25, 0.3) is 10.2 Å². The second kappa shape index (κ2) is 10.2. The summed E-state index contributed by atoms with van der Waals surface area (Å²) in [7, 11) is 3.17. The molecule has 27 heavy (non-hydrogen) atoms.